The van der Waals surface area contributed by atoms with Crippen molar-refractivity contribution < 1.29 is 19.1 Å². The van der Waals surface area contributed by atoms with Crippen molar-refractivity contribution in [1.82, 2.24) is 68.0 Å². The molecule has 23 heteroatoms. The van der Waals surface area contributed by atoms with Crippen LogP contribution in [-0.2, 0) is 17.7 Å². The van der Waals surface area contributed by atoms with E-state index in [0.717, 1.165) is 206 Å². The van der Waals surface area contributed by atoms with Gasteiger partial charge in [-0.15, -0.1) is 0 Å². The molecule has 4 aliphatic rings. The lowest BCUT2D eigenvalue weighted by molar-refractivity contribution is 0.0564. The van der Waals surface area contributed by atoms with Crippen molar-refractivity contribution in [2.75, 3.05) is 131 Å². The summed E-state index contributed by atoms with van der Waals surface area (Å²) in [5.41, 5.74) is 21.7. The summed E-state index contributed by atoms with van der Waals surface area (Å²) in [4.78, 5) is 65.3. The fourth-order valence-electron chi connectivity index (χ4n) is 15.1. The highest BCUT2D eigenvalue weighted by molar-refractivity contribution is 5.99. The Morgan fingerprint density at radius 1 is 0.546 bits per heavy atom. The summed E-state index contributed by atoms with van der Waals surface area (Å²) in [6, 6.07) is 53.6. The van der Waals surface area contributed by atoms with Crippen LogP contribution in [0.1, 0.15) is 73.5 Å². The zero-order valence-corrected chi connectivity index (χ0v) is 62.6. The molecule has 0 radical (unpaired) electrons. The first kappa shape index (κ1) is 72.0. The quantitative estimate of drug-likeness (QED) is 0.0449. The van der Waals surface area contributed by atoms with Crippen molar-refractivity contribution in [3.63, 3.8) is 0 Å². The van der Waals surface area contributed by atoms with E-state index in [1.54, 1.807) is 13.3 Å². The molecular weight excluding hydrogens is 1350 g/mol. The van der Waals surface area contributed by atoms with Gasteiger partial charge in [-0.05, 0) is 186 Å². The molecule has 108 heavy (non-hydrogen) atoms. The van der Waals surface area contributed by atoms with Crippen LogP contribution in [0.4, 0.5) is 45.5 Å². The van der Waals surface area contributed by atoms with Gasteiger partial charge in [-0.25, -0.2) is 19.9 Å². The Kier molecular flexibility index (Phi) is 21.7. The van der Waals surface area contributed by atoms with Gasteiger partial charge >= 0.3 is 6.01 Å². The molecule has 8 aromatic heterocycles. The Morgan fingerprint density at radius 2 is 1.07 bits per heavy atom. The zero-order chi connectivity index (χ0) is 74.2. The number of methoxy groups -OCH3 is 1. The molecule has 5 aromatic carbocycles. The van der Waals surface area contributed by atoms with Gasteiger partial charge in [0.25, 0.3) is 11.8 Å². The predicted molar refractivity (Wildman–Crippen MR) is 432 cm³/mol. The molecule has 2 amide bonds. The number of piperazine rings is 3. The Balaban J connectivity index is 0.000000130. The monoisotopic (exact) mass is 1450 g/mol. The normalized spacial score (nSPS) is 15.0. The minimum atomic E-state index is -0.0208. The van der Waals surface area contributed by atoms with Gasteiger partial charge in [0.2, 0.25) is 0 Å². The van der Waals surface area contributed by atoms with E-state index >= 15 is 0 Å². The number of hydrogen-bond acceptors (Lipinski definition) is 17. The fraction of sp³-hybridized carbons (Fsp3) is 0.306. The highest BCUT2D eigenvalue weighted by Gasteiger charge is 2.26. The van der Waals surface area contributed by atoms with Crippen LogP contribution in [0.2, 0.25) is 0 Å². The number of fused-ring (bicyclic) bond motifs is 5. The van der Waals surface area contributed by atoms with Crippen LogP contribution in [0.25, 0.3) is 61.6 Å². The van der Waals surface area contributed by atoms with Gasteiger partial charge in [-0.2, -0.15) is 4.98 Å². The van der Waals surface area contributed by atoms with Crippen molar-refractivity contribution in [3.05, 3.63) is 224 Å². The number of imidazole rings is 3. The highest BCUT2D eigenvalue weighted by atomic mass is 16.5. The van der Waals surface area contributed by atoms with Crippen LogP contribution < -0.4 is 35.8 Å². The maximum atomic E-state index is 13.1. The van der Waals surface area contributed by atoms with E-state index in [0.29, 0.717) is 30.2 Å². The Bertz CT molecular complexity index is 5250. The van der Waals surface area contributed by atoms with Crippen LogP contribution in [0.5, 0.6) is 6.01 Å². The minimum absolute atomic E-state index is 0.0208. The third kappa shape index (κ3) is 15.6. The van der Waals surface area contributed by atoms with E-state index < -0.39 is 0 Å². The average Bonchev–Trinajstić information content (AvgIpc) is 1.56. The second-order valence-corrected chi connectivity index (χ2v) is 28.2. The number of aromatic nitrogens is 9. The Labute approximate surface area is 630 Å². The molecular formula is C85H95N19O4. The van der Waals surface area contributed by atoms with E-state index in [1.807, 2.05) is 102 Å². The highest BCUT2D eigenvalue weighted by Crippen LogP contribution is 2.36. The number of amides is 2. The van der Waals surface area contributed by atoms with Crippen LogP contribution in [0.15, 0.2) is 201 Å². The van der Waals surface area contributed by atoms with Crippen LogP contribution >= 0.6 is 0 Å². The molecule has 0 atom stereocenters. The molecule has 17 rings (SSSR count). The van der Waals surface area contributed by atoms with Crippen LogP contribution in [0.3, 0.4) is 0 Å². The summed E-state index contributed by atoms with van der Waals surface area (Å²) in [6.45, 7) is 28.1. The van der Waals surface area contributed by atoms with E-state index in [9.17, 15) is 9.59 Å². The molecule has 5 N–H and O–H groups in total. The maximum absolute atomic E-state index is 13.1. The van der Waals surface area contributed by atoms with Gasteiger partial charge in [0, 0.05) is 221 Å². The summed E-state index contributed by atoms with van der Waals surface area (Å²) >= 11 is 0. The van der Waals surface area contributed by atoms with Crippen molar-refractivity contribution in [1.29, 1.82) is 0 Å². The zero-order valence-electron chi connectivity index (χ0n) is 62.6. The summed E-state index contributed by atoms with van der Waals surface area (Å²) in [5.74, 6) is 0.0461. The van der Waals surface area contributed by atoms with E-state index in [2.05, 4.69) is 228 Å². The molecule has 4 aliphatic heterocycles. The van der Waals surface area contributed by atoms with Gasteiger partial charge < -0.3 is 50.4 Å². The van der Waals surface area contributed by atoms with Gasteiger partial charge in [0.15, 0.2) is 16.9 Å². The van der Waals surface area contributed by atoms with Crippen LogP contribution in [-0.4, -0.2) is 192 Å². The van der Waals surface area contributed by atoms with Gasteiger partial charge in [0.05, 0.1) is 53.6 Å². The number of nitrogens with one attached hydrogen (secondary N) is 5. The molecule has 3 saturated heterocycles. The lowest BCUT2D eigenvalue weighted by Crippen LogP contribution is -2.49. The summed E-state index contributed by atoms with van der Waals surface area (Å²) in [5, 5.41) is 14.7. The van der Waals surface area contributed by atoms with Crippen molar-refractivity contribution in [2.45, 2.75) is 66.6 Å². The number of anilines is 8. The number of ether oxygens (including phenoxy) is 2. The first-order valence-electron chi connectivity index (χ1n) is 37.8. The number of nitrogens with zero attached hydrogens (tertiary/aromatic N) is 14. The van der Waals surface area contributed by atoms with Crippen molar-refractivity contribution in [3.8, 4) is 39.8 Å². The van der Waals surface area contributed by atoms with Crippen molar-refractivity contribution in [2.24, 2.45) is 0 Å². The second-order valence-electron chi connectivity index (χ2n) is 28.2. The van der Waals surface area contributed by atoms with Crippen LogP contribution in [0, 0.1) is 0 Å². The molecule has 12 heterocycles. The molecule has 554 valence electrons. The summed E-state index contributed by atoms with van der Waals surface area (Å²) in [7, 11) is 1.59. The number of benzene rings is 5. The Morgan fingerprint density at radius 3 is 1.60 bits per heavy atom. The molecule has 23 nitrogen and oxygen atoms in total. The standard InChI is InChI=1S/C30H32N6O3.C28H30N6.C27H33N7O/c1-2-39-18-17-34-13-15-35(16-14-34)30(38)21-3-6-24(7-4-21)33-26-9-10-27(36-12-11-31-28(26)36)22-5-8-25-23(19-22)20-32-29(25)37;1-20(2)32-16-18-33(19-17-32)22-8-6-21(7-9-22)31-26-10-11-27(34-15-14-30-28(26)34)24-4-3-5-25-23(24)12-13-29-25;1-5-23-22(18-29-27(31-23)35-4)25-11-10-24(26-28-12-13-34(25)26)30-20-6-8-21(9-7-20)33-16-14-32(15-17-33)19(2)3/h3-12,19,33H,2,13-18,20H2,1H3,(H,32,37);3-15,20,29,31H,16-19H2,1-2H3;6-13,18-19,30H,5,14-17H2,1-4H3. The van der Waals surface area contributed by atoms with E-state index in [4.69, 9.17) is 9.47 Å². The molecule has 0 unspecified atom stereocenters. The summed E-state index contributed by atoms with van der Waals surface area (Å²) < 4.78 is 16.9. The fourth-order valence-corrected chi connectivity index (χ4v) is 15.1. The molecule has 0 spiro atoms. The molecule has 0 bridgehead atoms. The second kappa shape index (κ2) is 32.6. The number of rotatable bonds is 20. The predicted octanol–water partition coefficient (Wildman–Crippen LogP) is 14.2. The van der Waals surface area contributed by atoms with E-state index in [-0.39, 0.29) is 11.8 Å². The third-order valence-electron chi connectivity index (χ3n) is 21.2. The van der Waals surface area contributed by atoms with Gasteiger partial charge in [0.1, 0.15) is 0 Å². The molecule has 0 aliphatic carbocycles. The number of aryl methyl sites for hydroxylation is 1. The topological polar surface area (TPSA) is 214 Å². The molecule has 13 aromatic rings. The summed E-state index contributed by atoms with van der Waals surface area (Å²) in [6.07, 6.45) is 16.0. The SMILES string of the molecule is CC(C)N1CCN(c2ccc(Nc3ccc(-c4cccc5[nH]ccc45)n4ccnc34)cc2)CC1.CCOCCN1CCN(C(=O)c2ccc(Nc3ccc(-c4ccc5c(c4)CNC5=O)n4ccnc34)cc2)CC1.CCc1nc(OC)ncc1-c1ccc(Nc2ccc(N3CCN(C(C)C)CC3)cc2)c2nccn12. The van der Waals surface area contributed by atoms with Gasteiger partial charge in [-0.1, -0.05) is 25.1 Å². The maximum Gasteiger partial charge on any atom is 0.316 e. The van der Waals surface area contributed by atoms with Gasteiger partial charge in [-0.3, -0.25) is 37.5 Å². The number of carbonyl (C=O) groups excluding carboxylic acids is 2. The smallest absolute Gasteiger partial charge is 0.316 e. The minimum Gasteiger partial charge on any atom is -0.467 e. The first-order valence-corrected chi connectivity index (χ1v) is 37.8. The number of pyridine rings is 3. The number of H-pyrrole nitrogens is 1. The lowest BCUT2D eigenvalue weighted by Gasteiger charge is -2.38. The van der Waals surface area contributed by atoms with Crippen molar-refractivity contribution >= 4 is 85.2 Å². The molecule has 3 fully saturated rings. The number of hydrogen-bond donors (Lipinski definition) is 5. The number of aromatic amines is 1. The Hall–Kier alpha value is -11.6. The van der Waals surface area contributed by atoms with E-state index in [1.165, 1.54) is 22.3 Å². The third-order valence-corrected chi connectivity index (χ3v) is 21.2. The first-order chi connectivity index (χ1) is 52.8. The molecule has 0 saturated carbocycles. The lowest BCUT2D eigenvalue weighted by atomic mass is 10.0. The largest absolute Gasteiger partial charge is 0.467 e. The average molecular weight is 1450 g/mol. The number of carbonyl (C=O) groups is 2.